The summed E-state index contributed by atoms with van der Waals surface area (Å²) in [6.45, 7) is 3.99. The number of benzene rings is 4. The number of H-pyrrole nitrogens is 1. The van der Waals surface area contributed by atoms with Crippen molar-refractivity contribution in [3.05, 3.63) is 142 Å². The van der Waals surface area contributed by atoms with Crippen LogP contribution in [-0.2, 0) is 6.42 Å². The predicted octanol–water partition coefficient (Wildman–Crippen LogP) is 9.87. The van der Waals surface area contributed by atoms with E-state index in [1.807, 2.05) is 43.3 Å². The van der Waals surface area contributed by atoms with Gasteiger partial charge < -0.3 is 10.7 Å². The van der Waals surface area contributed by atoms with Crippen LogP contribution in [0.4, 0.5) is 13.2 Å². The zero-order chi connectivity index (χ0) is 34.7. The molecule has 0 aliphatic rings. The predicted molar refractivity (Wildman–Crippen MR) is 196 cm³/mol. The maximum atomic E-state index is 13.4. The van der Waals surface area contributed by atoms with Gasteiger partial charge in [-0.1, -0.05) is 54.1 Å². The minimum absolute atomic E-state index is 0.00462. The highest BCUT2D eigenvalue weighted by atomic mass is 32.2. The number of nitrogens with zero attached hydrogens (tertiary/aromatic N) is 2. The minimum atomic E-state index is -4.42. The molecular weight excluding hydrogens is 662 g/mol. The molecule has 0 radical (unpaired) electrons. The van der Waals surface area contributed by atoms with Crippen LogP contribution in [0.15, 0.2) is 118 Å². The maximum absolute atomic E-state index is 13.4. The number of rotatable bonds is 11. The monoisotopic (exact) mass is 698 g/mol. The Morgan fingerprint density at radius 2 is 1.51 bits per heavy atom. The standard InChI is InChI=1S/C39H37F3N4OS2/c1-24-7-9-27(10-8-24)36(29-13-17-33(48-3)18-14-29)28-11-15-32(16-12-28)46-23-31-22-35(44-37(31)45-38(46)47)30-19-26(6-4-5-25(2)43)20-34(21-30)49-39(40,41)42/h7-23,25,36H,4-6,43H2,1-3H3,(H,44,45,47)/t25-,36+/m0/s1. The maximum Gasteiger partial charge on any atom is 0.446 e. The van der Waals surface area contributed by atoms with Crippen molar-refractivity contribution in [3.8, 4) is 16.9 Å². The molecule has 4 aromatic carbocycles. The van der Waals surface area contributed by atoms with E-state index in [1.165, 1.54) is 32.2 Å². The van der Waals surface area contributed by atoms with Gasteiger partial charge in [-0.25, -0.2) is 4.79 Å². The SMILES string of the molecule is CSc1ccc([C@H](c2ccc(C)cc2)c2ccc(-n3cc4cc(-c5cc(CCC[C@H](C)N)cc(SC(F)(F)F)c5)[nH]c4nc3=O)cc2)cc1. The van der Waals surface area contributed by atoms with Gasteiger partial charge in [-0.3, -0.25) is 4.57 Å². The third-order valence-corrected chi connectivity index (χ3v) is 9.95. The second-order valence-corrected chi connectivity index (χ2v) is 14.4. The normalized spacial score (nSPS) is 13.1. The summed E-state index contributed by atoms with van der Waals surface area (Å²) in [4.78, 5) is 22.0. The summed E-state index contributed by atoms with van der Waals surface area (Å²) < 4.78 is 41.6. The van der Waals surface area contributed by atoms with Crippen molar-refractivity contribution in [2.75, 3.05) is 6.26 Å². The summed E-state index contributed by atoms with van der Waals surface area (Å²) >= 11 is 1.57. The summed E-state index contributed by atoms with van der Waals surface area (Å²) in [6, 6.07) is 31.9. The first-order valence-electron chi connectivity index (χ1n) is 16.0. The molecule has 49 heavy (non-hydrogen) atoms. The largest absolute Gasteiger partial charge is 0.446 e. The van der Waals surface area contributed by atoms with Crippen LogP contribution in [0.3, 0.4) is 0 Å². The molecule has 0 saturated carbocycles. The quantitative estimate of drug-likeness (QED) is 0.104. The molecule has 0 aliphatic heterocycles. The van der Waals surface area contributed by atoms with Gasteiger partial charge in [-0.05, 0) is 127 Å². The van der Waals surface area contributed by atoms with Crippen LogP contribution in [0.5, 0.6) is 0 Å². The van der Waals surface area contributed by atoms with Crippen LogP contribution in [0, 0.1) is 6.92 Å². The van der Waals surface area contributed by atoms with Crippen LogP contribution >= 0.6 is 23.5 Å². The first kappa shape index (κ1) is 34.6. The minimum Gasteiger partial charge on any atom is -0.339 e. The van der Waals surface area contributed by atoms with Gasteiger partial charge >= 0.3 is 11.2 Å². The van der Waals surface area contributed by atoms with Crippen molar-refractivity contribution in [2.45, 2.75) is 60.4 Å². The van der Waals surface area contributed by atoms with Crippen molar-refractivity contribution in [3.63, 3.8) is 0 Å². The number of aryl methyl sites for hydroxylation is 2. The van der Waals surface area contributed by atoms with Gasteiger partial charge in [0.2, 0.25) is 0 Å². The topological polar surface area (TPSA) is 76.7 Å². The Balaban J connectivity index is 1.33. The van der Waals surface area contributed by atoms with Crippen molar-refractivity contribution >= 4 is 34.6 Å². The fourth-order valence-electron chi connectivity index (χ4n) is 6.08. The first-order valence-corrected chi connectivity index (χ1v) is 18.1. The fraction of sp³-hybridized carbons (Fsp3) is 0.231. The Morgan fingerprint density at radius 3 is 2.12 bits per heavy atom. The van der Waals surface area contributed by atoms with E-state index < -0.39 is 11.2 Å². The number of aromatic amines is 1. The van der Waals surface area contributed by atoms with Gasteiger partial charge in [-0.15, -0.1) is 11.8 Å². The van der Waals surface area contributed by atoms with Gasteiger partial charge in [0.25, 0.3) is 0 Å². The van der Waals surface area contributed by atoms with E-state index in [9.17, 15) is 18.0 Å². The smallest absolute Gasteiger partial charge is 0.339 e. The van der Waals surface area contributed by atoms with Gasteiger partial charge in [0, 0.05) is 39.0 Å². The van der Waals surface area contributed by atoms with Gasteiger partial charge in [-0.2, -0.15) is 18.2 Å². The number of alkyl halides is 3. The van der Waals surface area contributed by atoms with Crippen LogP contribution in [-0.4, -0.2) is 32.3 Å². The molecule has 0 amide bonds. The second kappa shape index (κ2) is 14.7. The average molecular weight is 699 g/mol. The Morgan fingerprint density at radius 1 is 0.878 bits per heavy atom. The third kappa shape index (κ3) is 8.49. The highest BCUT2D eigenvalue weighted by Crippen LogP contribution is 2.39. The van der Waals surface area contributed by atoms with E-state index in [4.69, 9.17) is 5.73 Å². The van der Waals surface area contributed by atoms with Crippen LogP contribution in [0.25, 0.3) is 28.0 Å². The number of hydrogen-bond donors (Lipinski definition) is 2. The molecule has 3 N–H and O–H groups in total. The zero-order valence-electron chi connectivity index (χ0n) is 27.4. The van der Waals surface area contributed by atoms with Crippen LogP contribution in [0.2, 0.25) is 0 Å². The van der Waals surface area contributed by atoms with E-state index in [0.29, 0.717) is 34.4 Å². The number of nitrogens with one attached hydrogen (secondary N) is 1. The molecule has 0 bridgehead atoms. The van der Waals surface area contributed by atoms with E-state index in [1.54, 1.807) is 24.0 Å². The lowest BCUT2D eigenvalue weighted by molar-refractivity contribution is -0.0328. The van der Waals surface area contributed by atoms with Crippen LogP contribution in [0.1, 0.15) is 53.5 Å². The molecule has 0 aliphatic carbocycles. The molecule has 0 spiro atoms. The van der Waals surface area contributed by atoms with Gasteiger partial charge in [0.05, 0.1) is 5.69 Å². The summed E-state index contributed by atoms with van der Waals surface area (Å²) in [5, 5.41) is 0.664. The number of hydrogen-bond acceptors (Lipinski definition) is 5. The van der Waals surface area contributed by atoms with Crippen molar-refractivity contribution in [1.82, 2.24) is 14.5 Å². The average Bonchev–Trinajstić information content (AvgIpc) is 3.48. The summed E-state index contributed by atoms with van der Waals surface area (Å²) in [5.41, 5.74) is 8.63. The molecule has 2 aromatic heterocycles. The number of thioether (sulfide) groups is 2. The number of fused-ring (bicyclic) bond motifs is 1. The third-order valence-electron chi connectivity index (χ3n) is 8.51. The Labute approximate surface area is 292 Å². The van der Waals surface area contributed by atoms with Crippen LogP contribution < -0.4 is 11.4 Å². The molecule has 0 unspecified atom stereocenters. The molecule has 252 valence electrons. The van der Waals surface area contributed by atoms with E-state index in [-0.39, 0.29) is 28.6 Å². The van der Waals surface area contributed by atoms with Crippen molar-refractivity contribution in [1.29, 1.82) is 0 Å². The molecule has 6 rings (SSSR count). The number of halogens is 3. The highest BCUT2D eigenvalue weighted by Gasteiger charge is 2.29. The Hall–Kier alpha value is -4.25. The van der Waals surface area contributed by atoms with E-state index in [0.717, 1.165) is 24.0 Å². The lowest BCUT2D eigenvalue weighted by Crippen LogP contribution is -2.20. The molecule has 10 heteroatoms. The summed E-state index contributed by atoms with van der Waals surface area (Å²) in [7, 11) is 0. The van der Waals surface area contributed by atoms with E-state index >= 15 is 0 Å². The number of aromatic nitrogens is 3. The highest BCUT2D eigenvalue weighted by molar-refractivity contribution is 8.00. The fourth-order valence-corrected chi connectivity index (χ4v) is 7.15. The molecule has 0 fully saturated rings. The second-order valence-electron chi connectivity index (χ2n) is 12.4. The zero-order valence-corrected chi connectivity index (χ0v) is 29.1. The van der Waals surface area contributed by atoms with E-state index in [2.05, 4.69) is 71.7 Å². The first-order chi connectivity index (χ1) is 23.5. The van der Waals surface area contributed by atoms with Gasteiger partial charge in [0.1, 0.15) is 5.65 Å². The van der Waals surface area contributed by atoms with Crippen molar-refractivity contribution < 1.29 is 13.2 Å². The molecule has 5 nitrogen and oxygen atoms in total. The number of nitrogens with two attached hydrogens (primary N) is 1. The molecular formula is C39H37F3N4OS2. The van der Waals surface area contributed by atoms with Crippen molar-refractivity contribution in [2.24, 2.45) is 5.73 Å². The van der Waals surface area contributed by atoms with Gasteiger partial charge in [0.15, 0.2) is 0 Å². The molecule has 0 saturated heterocycles. The summed E-state index contributed by atoms with van der Waals surface area (Å²) in [6.07, 6.45) is 5.92. The molecule has 2 heterocycles. The Bertz CT molecular complexity index is 2100. The lowest BCUT2D eigenvalue weighted by Gasteiger charge is -2.20. The summed E-state index contributed by atoms with van der Waals surface area (Å²) in [5.74, 6) is 0.00462. The lowest BCUT2D eigenvalue weighted by atomic mass is 9.85. The molecule has 2 atom stereocenters. The Kier molecular flexibility index (Phi) is 10.4. The molecule has 6 aromatic rings.